The van der Waals surface area contributed by atoms with E-state index in [9.17, 15) is 9.59 Å². The van der Waals surface area contributed by atoms with Gasteiger partial charge >= 0.3 is 5.97 Å². The quantitative estimate of drug-likeness (QED) is 0.288. The second-order valence-corrected chi connectivity index (χ2v) is 10.7. The molecule has 0 aromatic heterocycles. The zero-order chi connectivity index (χ0) is 25.1. The van der Waals surface area contributed by atoms with Crippen LogP contribution in [0.2, 0.25) is 5.02 Å². The number of ether oxygens (including phenoxy) is 1. The van der Waals surface area contributed by atoms with Crippen molar-refractivity contribution in [2.45, 2.75) is 51.7 Å². The molecular formula is C30H32ClNO3. The van der Waals surface area contributed by atoms with Gasteiger partial charge in [0.2, 0.25) is 5.91 Å². The van der Waals surface area contributed by atoms with Gasteiger partial charge in [0.1, 0.15) is 5.60 Å². The van der Waals surface area contributed by atoms with Crippen LogP contribution >= 0.6 is 11.6 Å². The molecule has 5 heteroatoms. The molecule has 1 amide bonds. The number of esters is 1. The van der Waals surface area contributed by atoms with Crippen LogP contribution in [0.4, 0.5) is 0 Å². The summed E-state index contributed by atoms with van der Waals surface area (Å²) in [6.45, 7) is 6.06. The molecule has 4 rings (SSSR count). The van der Waals surface area contributed by atoms with E-state index < -0.39 is 17.0 Å². The first kappa shape index (κ1) is 25.0. The van der Waals surface area contributed by atoms with Crippen LogP contribution in [-0.4, -0.2) is 28.9 Å². The van der Waals surface area contributed by atoms with Gasteiger partial charge in [-0.1, -0.05) is 84.4 Å². The van der Waals surface area contributed by atoms with Crippen molar-refractivity contribution in [2.24, 2.45) is 5.41 Å². The van der Waals surface area contributed by atoms with E-state index in [0.29, 0.717) is 24.4 Å². The lowest BCUT2D eigenvalue weighted by atomic mass is 9.73. The number of likely N-dealkylation sites (tertiary alicyclic amines) is 1. The predicted octanol–water partition coefficient (Wildman–Crippen LogP) is 6.62. The van der Waals surface area contributed by atoms with Crippen LogP contribution in [-0.2, 0) is 20.7 Å². The first-order valence-electron chi connectivity index (χ1n) is 12.1. The van der Waals surface area contributed by atoms with Gasteiger partial charge in [0.25, 0.3) is 0 Å². The van der Waals surface area contributed by atoms with Gasteiger partial charge in [-0.2, -0.15) is 0 Å². The van der Waals surface area contributed by atoms with E-state index in [1.54, 1.807) is 6.07 Å². The molecule has 0 radical (unpaired) electrons. The van der Waals surface area contributed by atoms with Crippen molar-refractivity contribution in [1.29, 1.82) is 0 Å². The zero-order valence-corrected chi connectivity index (χ0v) is 21.3. The molecule has 0 bridgehead atoms. The third-order valence-corrected chi connectivity index (χ3v) is 6.63. The summed E-state index contributed by atoms with van der Waals surface area (Å²) in [7, 11) is 0. The highest BCUT2D eigenvalue weighted by Crippen LogP contribution is 2.42. The Labute approximate surface area is 212 Å². The third-order valence-electron chi connectivity index (χ3n) is 6.40. The van der Waals surface area contributed by atoms with Crippen molar-refractivity contribution in [1.82, 2.24) is 4.90 Å². The van der Waals surface area contributed by atoms with Crippen LogP contribution in [0, 0.1) is 5.41 Å². The zero-order valence-electron chi connectivity index (χ0n) is 20.5. The Balaban J connectivity index is 1.80. The van der Waals surface area contributed by atoms with E-state index in [1.165, 1.54) is 0 Å². The van der Waals surface area contributed by atoms with Crippen molar-refractivity contribution in [3.05, 3.63) is 107 Å². The van der Waals surface area contributed by atoms with Crippen LogP contribution in [0.15, 0.2) is 84.9 Å². The first-order valence-corrected chi connectivity index (χ1v) is 12.5. The predicted molar refractivity (Wildman–Crippen MR) is 139 cm³/mol. The summed E-state index contributed by atoms with van der Waals surface area (Å²) in [4.78, 5) is 30.1. The molecule has 3 aromatic carbocycles. The fourth-order valence-corrected chi connectivity index (χ4v) is 5.11. The van der Waals surface area contributed by atoms with Gasteiger partial charge in [-0.05, 0) is 68.9 Å². The molecule has 182 valence electrons. The van der Waals surface area contributed by atoms with E-state index in [-0.39, 0.29) is 18.4 Å². The van der Waals surface area contributed by atoms with E-state index >= 15 is 0 Å². The van der Waals surface area contributed by atoms with Gasteiger partial charge in [0.05, 0.1) is 6.04 Å². The van der Waals surface area contributed by atoms with E-state index in [2.05, 4.69) is 0 Å². The summed E-state index contributed by atoms with van der Waals surface area (Å²) in [5.41, 5.74) is 0.830. The topological polar surface area (TPSA) is 46.6 Å². The number of nitrogens with zero attached hydrogens (tertiary/aromatic N) is 1. The Kier molecular flexibility index (Phi) is 7.32. The number of benzene rings is 3. The Hall–Kier alpha value is -3.11. The van der Waals surface area contributed by atoms with E-state index in [0.717, 1.165) is 16.7 Å². The number of carbonyl (C=O) groups is 2. The molecule has 0 spiro atoms. The van der Waals surface area contributed by atoms with Crippen LogP contribution in [0.25, 0.3) is 0 Å². The second kappa shape index (κ2) is 10.2. The summed E-state index contributed by atoms with van der Waals surface area (Å²) in [5.74, 6) is -0.671. The lowest BCUT2D eigenvalue weighted by molar-refractivity contribution is -0.178. The summed E-state index contributed by atoms with van der Waals surface area (Å²) in [6, 6.07) is 27.1. The SMILES string of the molecule is CC(C)(C)OC(=O)C1(Cc2cccc(Cl)c2)CCCN(C(c2ccccc2)c2ccccc2)C1=O. The minimum absolute atomic E-state index is 0.198. The van der Waals surface area contributed by atoms with Gasteiger partial charge in [-0.15, -0.1) is 0 Å². The number of carbonyl (C=O) groups excluding carboxylic acids is 2. The van der Waals surface area contributed by atoms with Crippen LogP contribution in [0.1, 0.15) is 56.3 Å². The average molecular weight is 490 g/mol. The van der Waals surface area contributed by atoms with E-state index in [4.69, 9.17) is 16.3 Å². The van der Waals surface area contributed by atoms with Crippen molar-refractivity contribution < 1.29 is 14.3 Å². The van der Waals surface area contributed by atoms with Crippen LogP contribution in [0.3, 0.4) is 0 Å². The van der Waals surface area contributed by atoms with Crippen molar-refractivity contribution in [3.63, 3.8) is 0 Å². The first-order chi connectivity index (χ1) is 16.7. The van der Waals surface area contributed by atoms with Crippen LogP contribution in [0.5, 0.6) is 0 Å². The molecule has 4 nitrogen and oxygen atoms in total. The molecule has 35 heavy (non-hydrogen) atoms. The number of hydrogen-bond donors (Lipinski definition) is 0. The summed E-state index contributed by atoms with van der Waals surface area (Å²) in [5, 5.41) is 0.577. The lowest BCUT2D eigenvalue weighted by Gasteiger charge is -2.44. The largest absolute Gasteiger partial charge is 0.459 e. The second-order valence-electron chi connectivity index (χ2n) is 10.2. The maximum absolute atomic E-state index is 14.4. The molecule has 1 atom stereocenters. The Morgan fingerprint density at radius 1 is 0.971 bits per heavy atom. The van der Waals surface area contributed by atoms with Crippen molar-refractivity contribution in [2.75, 3.05) is 6.54 Å². The minimum atomic E-state index is -1.32. The lowest BCUT2D eigenvalue weighted by Crippen LogP contribution is -2.56. The van der Waals surface area contributed by atoms with Gasteiger partial charge in [0, 0.05) is 11.6 Å². The smallest absolute Gasteiger partial charge is 0.322 e. The highest BCUT2D eigenvalue weighted by atomic mass is 35.5. The number of piperidine rings is 1. The highest BCUT2D eigenvalue weighted by Gasteiger charge is 2.53. The van der Waals surface area contributed by atoms with Gasteiger partial charge in [-0.25, -0.2) is 0 Å². The van der Waals surface area contributed by atoms with Gasteiger partial charge in [-0.3, -0.25) is 9.59 Å². The molecule has 0 saturated carbocycles. The summed E-state index contributed by atoms with van der Waals surface area (Å²) in [6.07, 6.45) is 1.37. The van der Waals surface area contributed by atoms with E-state index in [1.807, 2.05) is 105 Å². The van der Waals surface area contributed by atoms with Gasteiger partial charge < -0.3 is 9.64 Å². The molecule has 1 aliphatic rings. The monoisotopic (exact) mass is 489 g/mol. The number of rotatable bonds is 6. The third kappa shape index (κ3) is 5.59. The minimum Gasteiger partial charge on any atom is -0.459 e. The highest BCUT2D eigenvalue weighted by molar-refractivity contribution is 6.30. The molecular weight excluding hydrogens is 458 g/mol. The number of amides is 1. The number of halogens is 1. The fraction of sp³-hybridized carbons (Fsp3) is 0.333. The standard InChI is InChI=1S/C30H32ClNO3/c1-29(2,3)35-28(34)30(21-22-12-10-17-25(31)20-22)18-11-19-32(27(30)33)26(23-13-6-4-7-14-23)24-15-8-5-9-16-24/h4-10,12-17,20,26H,11,18-19,21H2,1-3H3. The number of hydrogen-bond acceptors (Lipinski definition) is 3. The summed E-state index contributed by atoms with van der Waals surface area (Å²) < 4.78 is 5.87. The molecule has 0 N–H and O–H groups in total. The molecule has 0 aliphatic carbocycles. The average Bonchev–Trinajstić information content (AvgIpc) is 2.82. The van der Waals surface area contributed by atoms with Crippen molar-refractivity contribution >= 4 is 23.5 Å². The molecule has 1 saturated heterocycles. The molecule has 1 unspecified atom stereocenters. The summed E-state index contributed by atoms with van der Waals surface area (Å²) >= 11 is 6.26. The molecule has 1 aliphatic heterocycles. The molecule has 3 aromatic rings. The van der Waals surface area contributed by atoms with Crippen molar-refractivity contribution in [3.8, 4) is 0 Å². The molecule has 1 heterocycles. The molecule has 1 fully saturated rings. The van der Waals surface area contributed by atoms with Gasteiger partial charge in [0.15, 0.2) is 5.41 Å². The Morgan fingerprint density at radius 3 is 2.11 bits per heavy atom. The Bertz CT molecular complexity index is 1130. The maximum Gasteiger partial charge on any atom is 0.322 e. The maximum atomic E-state index is 14.4. The Morgan fingerprint density at radius 2 is 1.57 bits per heavy atom. The normalized spacial score (nSPS) is 18.5. The van der Waals surface area contributed by atoms with Crippen LogP contribution < -0.4 is 0 Å². The fourth-order valence-electron chi connectivity index (χ4n) is 4.90.